The molecule has 1 atom stereocenters. The van der Waals surface area contributed by atoms with Crippen LogP contribution in [0.15, 0.2) is 30.3 Å². The summed E-state index contributed by atoms with van der Waals surface area (Å²) < 4.78 is 24.6. The maximum absolute atomic E-state index is 12.3. The monoisotopic (exact) mass is 406 g/mol. The summed E-state index contributed by atoms with van der Waals surface area (Å²) in [6.45, 7) is 2.14. The third kappa shape index (κ3) is 4.75. The summed E-state index contributed by atoms with van der Waals surface area (Å²) in [5.41, 5.74) is 7.38. The van der Waals surface area contributed by atoms with Crippen LogP contribution in [-0.4, -0.2) is 26.0 Å². The fraction of sp³-hybridized carbons (Fsp3) is 0.368. The van der Waals surface area contributed by atoms with Gasteiger partial charge in [-0.15, -0.1) is 11.3 Å². The van der Waals surface area contributed by atoms with Gasteiger partial charge >= 0.3 is 0 Å². The largest absolute Gasteiger partial charge is 0.365 e. The molecule has 144 valence electrons. The lowest BCUT2D eigenvalue weighted by atomic mass is 9.88. The number of primary amides is 1. The summed E-state index contributed by atoms with van der Waals surface area (Å²) in [4.78, 5) is 25.3. The number of carbonyl (C=O) groups excluding carboxylic acids is 2. The third-order valence-corrected chi connectivity index (χ3v) is 7.24. The Morgan fingerprint density at radius 3 is 2.63 bits per heavy atom. The van der Waals surface area contributed by atoms with Crippen LogP contribution in [0.3, 0.4) is 0 Å². The van der Waals surface area contributed by atoms with E-state index in [0.717, 1.165) is 29.7 Å². The Bertz CT molecular complexity index is 965. The number of sulfone groups is 1. The molecular formula is C19H22N2O4S2. The Morgan fingerprint density at radius 2 is 1.96 bits per heavy atom. The van der Waals surface area contributed by atoms with E-state index in [-0.39, 0.29) is 5.75 Å². The first-order valence-corrected chi connectivity index (χ1v) is 11.4. The molecule has 0 radical (unpaired) electrons. The molecular weight excluding hydrogens is 384 g/mol. The Morgan fingerprint density at radius 1 is 1.26 bits per heavy atom. The van der Waals surface area contributed by atoms with Gasteiger partial charge in [0.2, 0.25) is 5.91 Å². The average Bonchev–Trinajstić information content (AvgIpc) is 2.91. The molecule has 0 saturated carbocycles. The topological polar surface area (TPSA) is 106 Å². The number of benzene rings is 1. The molecule has 1 aliphatic rings. The quantitative estimate of drug-likeness (QED) is 0.769. The van der Waals surface area contributed by atoms with Gasteiger partial charge in [-0.1, -0.05) is 37.3 Å². The van der Waals surface area contributed by atoms with Gasteiger partial charge in [-0.25, -0.2) is 8.42 Å². The van der Waals surface area contributed by atoms with Crippen LogP contribution in [0.1, 0.15) is 39.7 Å². The second kappa shape index (κ2) is 7.82. The lowest BCUT2D eigenvalue weighted by molar-refractivity contribution is -0.113. The predicted octanol–water partition coefficient (Wildman–Crippen LogP) is 2.53. The molecule has 1 aliphatic carbocycles. The fourth-order valence-electron chi connectivity index (χ4n) is 3.34. The van der Waals surface area contributed by atoms with E-state index in [4.69, 9.17) is 5.73 Å². The van der Waals surface area contributed by atoms with Crippen molar-refractivity contribution in [1.82, 2.24) is 0 Å². The van der Waals surface area contributed by atoms with Crippen molar-refractivity contribution in [3.63, 3.8) is 0 Å². The molecule has 6 nitrogen and oxygen atoms in total. The highest BCUT2D eigenvalue weighted by atomic mass is 32.2. The Kier molecular flexibility index (Phi) is 5.67. The molecule has 0 aliphatic heterocycles. The Labute approximate surface area is 162 Å². The predicted molar refractivity (Wildman–Crippen MR) is 107 cm³/mol. The maximum Gasteiger partial charge on any atom is 0.251 e. The van der Waals surface area contributed by atoms with Gasteiger partial charge in [0.05, 0.1) is 11.3 Å². The van der Waals surface area contributed by atoms with Crippen LogP contribution in [-0.2, 0) is 33.2 Å². The number of nitrogens with one attached hydrogen (secondary N) is 1. The van der Waals surface area contributed by atoms with Crippen LogP contribution in [0, 0.1) is 5.92 Å². The van der Waals surface area contributed by atoms with Crippen molar-refractivity contribution in [3.05, 3.63) is 51.9 Å². The Hall–Kier alpha value is -2.19. The van der Waals surface area contributed by atoms with Crippen molar-refractivity contribution in [2.45, 2.75) is 31.9 Å². The molecule has 0 bridgehead atoms. The van der Waals surface area contributed by atoms with Crippen LogP contribution >= 0.6 is 11.3 Å². The minimum absolute atomic E-state index is 0.206. The average molecular weight is 407 g/mol. The highest BCUT2D eigenvalue weighted by molar-refractivity contribution is 7.91. The number of carbonyl (C=O) groups is 2. The summed E-state index contributed by atoms with van der Waals surface area (Å²) in [7, 11) is -3.62. The van der Waals surface area contributed by atoms with E-state index in [1.807, 2.05) is 0 Å². The van der Waals surface area contributed by atoms with Gasteiger partial charge in [-0.2, -0.15) is 0 Å². The van der Waals surface area contributed by atoms with Gasteiger partial charge in [-0.05, 0) is 36.3 Å². The van der Waals surface area contributed by atoms with Gasteiger partial charge in [0, 0.05) is 4.88 Å². The lowest BCUT2D eigenvalue weighted by Crippen LogP contribution is -2.25. The zero-order valence-electron chi connectivity index (χ0n) is 15.0. The standard InChI is InChI=1S/C19H22N2O4S2/c1-12-7-8-14-15(9-12)26-19(17(14)18(20)23)21-16(22)11-27(24,25)10-13-5-3-2-4-6-13/h2-6,12H,7-11H2,1H3,(H2,20,23)(H,21,22). The number of hydrogen-bond donors (Lipinski definition) is 2. The molecule has 0 spiro atoms. The van der Waals surface area contributed by atoms with Crippen LogP contribution in [0.25, 0.3) is 0 Å². The zero-order valence-corrected chi connectivity index (χ0v) is 16.7. The molecule has 8 heteroatoms. The summed E-state index contributed by atoms with van der Waals surface area (Å²) >= 11 is 1.32. The van der Waals surface area contributed by atoms with E-state index in [1.54, 1.807) is 30.3 Å². The molecule has 2 amide bonds. The van der Waals surface area contributed by atoms with Gasteiger partial charge in [0.25, 0.3) is 5.91 Å². The molecule has 1 unspecified atom stereocenters. The minimum Gasteiger partial charge on any atom is -0.365 e. The summed E-state index contributed by atoms with van der Waals surface area (Å²) in [5.74, 6) is -1.59. The van der Waals surface area contributed by atoms with E-state index >= 15 is 0 Å². The fourth-order valence-corrected chi connectivity index (χ4v) is 6.05. The van der Waals surface area contributed by atoms with E-state index in [0.29, 0.717) is 22.0 Å². The lowest BCUT2D eigenvalue weighted by Gasteiger charge is -2.18. The molecule has 27 heavy (non-hydrogen) atoms. The highest BCUT2D eigenvalue weighted by Crippen LogP contribution is 2.39. The molecule has 2 aromatic rings. The highest BCUT2D eigenvalue weighted by Gasteiger charge is 2.28. The zero-order chi connectivity index (χ0) is 19.6. The van der Waals surface area contributed by atoms with Crippen LogP contribution in [0.2, 0.25) is 0 Å². The number of hydrogen-bond acceptors (Lipinski definition) is 5. The molecule has 0 fully saturated rings. The molecule has 1 aromatic carbocycles. The van der Waals surface area contributed by atoms with Gasteiger partial charge < -0.3 is 11.1 Å². The first-order valence-electron chi connectivity index (χ1n) is 8.73. The summed E-state index contributed by atoms with van der Waals surface area (Å²) in [6, 6.07) is 8.71. The van der Waals surface area contributed by atoms with Crippen molar-refractivity contribution >= 4 is 38.0 Å². The molecule has 1 heterocycles. The van der Waals surface area contributed by atoms with E-state index < -0.39 is 27.4 Å². The van der Waals surface area contributed by atoms with Crippen LogP contribution < -0.4 is 11.1 Å². The number of anilines is 1. The third-order valence-electron chi connectivity index (χ3n) is 4.59. The van der Waals surface area contributed by atoms with E-state index in [9.17, 15) is 18.0 Å². The van der Waals surface area contributed by atoms with Crippen molar-refractivity contribution in [2.24, 2.45) is 11.7 Å². The van der Waals surface area contributed by atoms with Gasteiger partial charge in [-0.3, -0.25) is 9.59 Å². The Balaban J connectivity index is 1.75. The number of nitrogens with two attached hydrogens (primary N) is 1. The van der Waals surface area contributed by atoms with E-state index in [2.05, 4.69) is 12.2 Å². The van der Waals surface area contributed by atoms with Crippen molar-refractivity contribution in [2.75, 3.05) is 11.1 Å². The van der Waals surface area contributed by atoms with Crippen molar-refractivity contribution < 1.29 is 18.0 Å². The second-order valence-corrected chi connectivity index (χ2v) is 10.2. The number of amides is 2. The number of thiophene rings is 1. The molecule has 0 saturated heterocycles. The van der Waals surface area contributed by atoms with Gasteiger partial charge in [0.1, 0.15) is 10.8 Å². The van der Waals surface area contributed by atoms with Crippen molar-refractivity contribution in [1.29, 1.82) is 0 Å². The summed E-state index contributed by atoms with van der Waals surface area (Å²) in [6.07, 6.45) is 2.54. The second-order valence-electron chi connectivity index (χ2n) is 6.99. The smallest absolute Gasteiger partial charge is 0.251 e. The first-order chi connectivity index (χ1) is 12.7. The molecule has 3 rings (SSSR count). The molecule has 1 aromatic heterocycles. The number of fused-ring (bicyclic) bond motifs is 1. The number of rotatable bonds is 6. The molecule has 3 N–H and O–H groups in total. The normalized spacial score (nSPS) is 16.6. The first kappa shape index (κ1) is 19.6. The van der Waals surface area contributed by atoms with Crippen molar-refractivity contribution in [3.8, 4) is 0 Å². The van der Waals surface area contributed by atoms with Crippen LogP contribution in [0.4, 0.5) is 5.00 Å². The van der Waals surface area contributed by atoms with Crippen LogP contribution in [0.5, 0.6) is 0 Å². The van der Waals surface area contributed by atoms with Gasteiger partial charge in [0.15, 0.2) is 9.84 Å². The summed E-state index contributed by atoms with van der Waals surface area (Å²) in [5, 5.41) is 2.97. The maximum atomic E-state index is 12.3. The minimum atomic E-state index is -3.62. The SMILES string of the molecule is CC1CCc2c(sc(NC(=O)CS(=O)(=O)Cc3ccccc3)c2C(N)=O)C1. The van der Waals surface area contributed by atoms with E-state index in [1.165, 1.54) is 11.3 Å².